The number of ether oxygens (including phenoxy) is 2. The van der Waals surface area contributed by atoms with Gasteiger partial charge in [-0.1, -0.05) is 29.4 Å². The van der Waals surface area contributed by atoms with Crippen molar-refractivity contribution in [1.82, 2.24) is 0 Å². The molecule has 0 fully saturated rings. The molecule has 0 amide bonds. The van der Waals surface area contributed by atoms with Crippen LogP contribution in [0.3, 0.4) is 0 Å². The zero-order chi connectivity index (χ0) is 18.0. The minimum absolute atomic E-state index is 0.0117. The van der Waals surface area contributed by atoms with Crippen LogP contribution in [-0.4, -0.2) is 18.3 Å². The highest BCUT2D eigenvalue weighted by molar-refractivity contribution is 6.19. The number of fused-ring (bicyclic) bond motifs is 3. The van der Waals surface area contributed by atoms with Crippen molar-refractivity contribution in [2.75, 3.05) is 12.1 Å². The maximum Gasteiger partial charge on any atom is 0.231 e. The number of Topliss-reactive ketones (excluding diaryl/α,β-unsaturated/α-hetero) is 1. The number of rotatable bonds is 2. The van der Waals surface area contributed by atoms with Gasteiger partial charge in [0.05, 0.1) is 11.6 Å². The van der Waals surface area contributed by atoms with Crippen molar-refractivity contribution in [3.8, 4) is 11.5 Å². The molecule has 4 aliphatic rings. The molecule has 132 valence electrons. The number of hydrogen-bond donors (Lipinski definition) is 1. The van der Waals surface area contributed by atoms with Gasteiger partial charge >= 0.3 is 0 Å². The zero-order valence-corrected chi connectivity index (χ0v) is 14.1. The monoisotopic (exact) mass is 358 g/mol. The van der Waals surface area contributed by atoms with Gasteiger partial charge in [-0.3, -0.25) is 4.79 Å². The van der Waals surface area contributed by atoms with Crippen molar-refractivity contribution < 1.29 is 19.1 Å². The third kappa shape index (κ3) is 2.01. The molecule has 6 rings (SSSR count). The molecule has 6 nitrogen and oxygen atoms in total. The summed E-state index contributed by atoms with van der Waals surface area (Å²) in [5, 5.41) is 7.57. The lowest BCUT2D eigenvalue weighted by molar-refractivity contribution is 0.0609. The van der Waals surface area contributed by atoms with Gasteiger partial charge in [-0.05, 0) is 24.3 Å². The molecule has 1 N–H and O–H groups in total. The van der Waals surface area contributed by atoms with E-state index in [1.165, 1.54) is 0 Å². The summed E-state index contributed by atoms with van der Waals surface area (Å²) in [6.07, 6.45) is 3.53. The maximum absolute atomic E-state index is 13.3. The Balaban J connectivity index is 1.47. The Hall–Kier alpha value is -3.54. The molecule has 27 heavy (non-hydrogen) atoms. The number of ketones is 1. The van der Waals surface area contributed by atoms with E-state index in [0.717, 1.165) is 28.4 Å². The smallest absolute Gasteiger partial charge is 0.231 e. The third-order valence-corrected chi connectivity index (χ3v) is 5.32. The molecule has 0 bridgehead atoms. The van der Waals surface area contributed by atoms with Crippen molar-refractivity contribution in [3.63, 3.8) is 0 Å². The van der Waals surface area contributed by atoms with E-state index in [9.17, 15) is 4.79 Å². The van der Waals surface area contributed by atoms with Crippen LogP contribution >= 0.6 is 0 Å². The summed E-state index contributed by atoms with van der Waals surface area (Å²) >= 11 is 0. The van der Waals surface area contributed by atoms with Crippen molar-refractivity contribution in [3.05, 3.63) is 77.0 Å². The second-order valence-corrected chi connectivity index (χ2v) is 6.79. The summed E-state index contributed by atoms with van der Waals surface area (Å²) in [6.45, 7) is 0.225. The molecule has 6 heteroatoms. The van der Waals surface area contributed by atoms with Crippen LogP contribution in [0.5, 0.6) is 11.5 Å². The SMILES string of the molecule is O=C1C2=C(Nc3ccc4c(c3)OCO4)C=CC3=NOC(c4ccccc41)C32. The Morgan fingerprint density at radius 2 is 1.93 bits per heavy atom. The zero-order valence-electron chi connectivity index (χ0n) is 14.1. The Kier molecular flexibility index (Phi) is 2.83. The molecule has 0 aromatic heterocycles. The normalized spacial score (nSPS) is 23.6. The highest BCUT2D eigenvalue weighted by Gasteiger charge is 2.47. The van der Waals surface area contributed by atoms with Crippen molar-refractivity contribution in [2.24, 2.45) is 11.1 Å². The Labute approximate surface area is 154 Å². The molecule has 2 unspecified atom stereocenters. The fraction of sp³-hybridized carbons (Fsp3) is 0.143. The topological polar surface area (TPSA) is 69.2 Å². The molecule has 0 saturated heterocycles. The van der Waals surface area contributed by atoms with E-state index in [4.69, 9.17) is 14.3 Å². The molecule has 0 spiro atoms. The molecule has 0 saturated carbocycles. The molecule has 2 aromatic carbocycles. The van der Waals surface area contributed by atoms with Gasteiger partial charge in [-0.15, -0.1) is 0 Å². The van der Waals surface area contributed by atoms with Gasteiger partial charge in [-0.25, -0.2) is 0 Å². The van der Waals surface area contributed by atoms with E-state index >= 15 is 0 Å². The summed E-state index contributed by atoms with van der Waals surface area (Å²) < 4.78 is 10.8. The third-order valence-electron chi connectivity index (χ3n) is 5.32. The molecule has 2 atom stereocenters. The van der Waals surface area contributed by atoms with Crippen LogP contribution in [-0.2, 0) is 4.84 Å². The second-order valence-electron chi connectivity index (χ2n) is 6.79. The van der Waals surface area contributed by atoms with Crippen LogP contribution in [0.1, 0.15) is 22.0 Å². The molecule has 2 aliphatic heterocycles. The lowest BCUT2D eigenvalue weighted by Gasteiger charge is -2.31. The number of allylic oxidation sites excluding steroid dienone is 2. The number of hydrogen-bond acceptors (Lipinski definition) is 6. The Morgan fingerprint density at radius 3 is 2.89 bits per heavy atom. The van der Waals surface area contributed by atoms with Crippen molar-refractivity contribution in [1.29, 1.82) is 0 Å². The lowest BCUT2D eigenvalue weighted by atomic mass is 9.72. The van der Waals surface area contributed by atoms with E-state index in [1.807, 2.05) is 54.6 Å². The van der Waals surface area contributed by atoms with E-state index in [1.54, 1.807) is 0 Å². The second kappa shape index (κ2) is 5.23. The lowest BCUT2D eigenvalue weighted by Crippen LogP contribution is -2.33. The van der Waals surface area contributed by atoms with Crippen LogP contribution in [0.25, 0.3) is 0 Å². The predicted molar refractivity (Wildman–Crippen MR) is 97.9 cm³/mol. The van der Waals surface area contributed by atoms with E-state index in [-0.39, 0.29) is 24.6 Å². The number of nitrogens with zero attached hydrogens (tertiary/aromatic N) is 1. The fourth-order valence-electron chi connectivity index (χ4n) is 4.09. The summed E-state index contributed by atoms with van der Waals surface area (Å²) in [5.41, 5.74) is 4.63. The first kappa shape index (κ1) is 14.6. The van der Waals surface area contributed by atoms with Crippen LogP contribution in [0.15, 0.2) is 71.0 Å². The van der Waals surface area contributed by atoms with Crippen LogP contribution in [0.2, 0.25) is 0 Å². The number of benzene rings is 2. The first-order chi connectivity index (χ1) is 13.3. The largest absolute Gasteiger partial charge is 0.454 e. The molecule has 2 aliphatic carbocycles. The van der Waals surface area contributed by atoms with Crippen molar-refractivity contribution in [2.45, 2.75) is 6.10 Å². The molecule has 2 aromatic rings. The van der Waals surface area contributed by atoms with Gasteiger partial charge in [0, 0.05) is 34.2 Å². The Bertz CT molecular complexity index is 1100. The van der Waals surface area contributed by atoms with E-state index < -0.39 is 0 Å². The maximum atomic E-state index is 13.3. The number of carbonyl (C=O) groups excluding carboxylic acids is 1. The van der Waals surface area contributed by atoms with Crippen LogP contribution in [0, 0.1) is 5.92 Å². The first-order valence-corrected chi connectivity index (χ1v) is 8.76. The summed E-state index contributed by atoms with van der Waals surface area (Å²) in [5.74, 6) is 1.24. The highest BCUT2D eigenvalue weighted by atomic mass is 16.7. The number of anilines is 1. The summed E-state index contributed by atoms with van der Waals surface area (Å²) in [7, 11) is 0. The summed E-state index contributed by atoms with van der Waals surface area (Å²) in [6, 6.07) is 13.2. The van der Waals surface area contributed by atoms with Crippen molar-refractivity contribution >= 4 is 17.2 Å². The highest BCUT2D eigenvalue weighted by Crippen LogP contribution is 2.47. The van der Waals surface area contributed by atoms with Gasteiger partial charge < -0.3 is 19.6 Å². The van der Waals surface area contributed by atoms with Gasteiger partial charge in [-0.2, -0.15) is 0 Å². The fourth-order valence-corrected chi connectivity index (χ4v) is 4.09. The standard InChI is InChI=1S/C21H14N2O4/c24-20-12-3-1-2-4-13(12)21-19-15(23-27-21)7-6-14(18(19)20)22-11-5-8-16-17(9-11)26-10-25-16/h1-9,19,21-22H,10H2. The minimum Gasteiger partial charge on any atom is -0.454 e. The Morgan fingerprint density at radius 1 is 1.04 bits per heavy atom. The number of carbonyl (C=O) groups is 1. The van der Waals surface area contributed by atoms with Crippen LogP contribution < -0.4 is 14.8 Å². The van der Waals surface area contributed by atoms with E-state index in [0.29, 0.717) is 16.9 Å². The van der Waals surface area contributed by atoms with Crippen LogP contribution in [0.4, 0.5) is 5.69 Å². The number of oxime groups is 1. The molecular formula is C21H14N2O4. The van der Waals surface area contributed by atoms with Gasteiger partial charge in [0.15, 0.2) is 23.4 Å². The van der Waals surface area contributed by atoms with Gasteiger partial charge in [0.1, 0.15) is 0 Å². The summed E-state index contributed by atoms with van der Waals surface area (Å²) in [4.78, 5) is 19.0. The molecule has 2 heterocycles. The quantitative estimate of drug-likeness (QED) is 0.888. The number of nitrogens with one attached hydrogen (secondary N) is 1. The minimum atomic E-state index is -0.262. The van der Waals surface area contributed by atoms with Gasteiger partial charge in [0.25, 0.3) is 0 Å². The molecular weight excluding hydrogens is 344 g/mol. The molecule has 0 radical (unpaired) electrons. The predicted octanol–water partition coefficient (Wildman–Crippen LogP) is 3.59. The first-order valence-electron chi connectivity index (χ1n) is 8.76. The average Bonchev–Trinajstić information content (AvgIpc) is 3.33. The van der Waals surface area contributed by atoms with Gasteiger partial charge in [0.2, 0.25) is 6.79 Å². The van der Waals surface area contributed by atoms with E-state index in [2.05, 4.69) is 10.5 Å². The average molecular weight is 358 g/mol.